The van der Waals surface area contributed by atoms with E-state index in [0.29, 0.717) is 24.6 Å². The number of pyridine rings is 2. The zero-order chi connectivity index (χ0) is 17.5. The lowest BCUT2D eigenvalue weighted by atomic mass is 10.0. The smallest absolute Gasteiger partial charge is 0.356 e. The van der Waals surface area contributed by atoms with Crippen LogP contribution < -0.4 is 15.3 Å². The summed E-state index contributed by atoms with van der Waals surface area (Å²) in [4.78, 5) is 20.6. The number of ether oxygens (including phenoxy) is 2. The molecule has 24 heavy (non-hydrogen) atoms. The second-order valence-electron chi connectivity index (χ2n) is 5.15. The lowest BCUT2D eigenvalue weighted by molar-refractivity contribution is 0.0519. The van der Waals surface area contributed by atoms with E-state index in [-0.39, 0.29) is 0 Å². The minimum absolute atomic E-state index is 0.324. The van der Waals surface area contributed by atoms with Gasteiger partial charge in [-0.2, -0.15) is 0 Å². The molecule has 0 radical (unpaired) electrons. The second kappa shape index (κ2) is 8.24. The summed E-state index contributed by atoms with van der Waals surface area (Å²) in [6, 6.07) is 5.62. The van der Waals surface area contributed by atoms with E-state index in [1.54, 1.807) is 26.3 Å². The fourth-order valence-electron chi connectivity index (χ4n) is 2.53. The quantitative estimate of drug-likeness (QED) is 0.785. The molecule has 0 amide bonds. The van der Waals surface area contributed by atoms with Gasteiger partial charge in [0.1, 0.15) is 5.69 Å². The molecule has 0 aromatic carbocycles. The highest BCUT2D eigenvalue weighted by Gasteiger charge is 2.12. The molecule has 2 rings (SSSR count). The number of esters is 1. The Balaban J connectivity index is 2.54. The Morgan fingerprint density at radius 3 is 2.67 bits per heavy atom. The van der Waals surface area contributed by atoms with Crippen molar-refractivity contribution in [2.24, 2.45) is 0 Å². The van der Waals surface area contributed by atoms with Crippen LogP contribution in [0.3, 0.4) is 0 Å². The van der Waals surface area contributed by atoms with E-state index in [9.17, 15) is 4.79 Å². The van der Waals surface area contributed by atoms with E-state index in [1.165, 1.54) is 0 Å². The van der Waals surface area contributed by atoms with Gasteiger partial charge in [0.05, 0.1) is 19.1 Å². The largest absolute Gasteiger partial charge is 0.481 e. The van der Waals surface area contributed by atoms with Gasteiger partial charge >= 0.3 is 5.97 Å². The van der Waals surface area contributed by atoms with Crippen molar-refractivity contribution in [2.45, 2.75) is 27.2 Å². The van der Waals surface area contributed by atoms with Gasteiger partial charge in [-0.1, -0.05) is 12.2 Å². The highest BCUT2D eigenvalue weighted by Crippen LogP contribution is 2.12. The van der Waals surface area contributed by atoms with Gasteiger partial charge < -0.3 is 9.47 Å². The molecule has 0 atom stereocenters. The normalized spacial score (nSPS) is 12.3. The number of hydrogen-bond donors (Lipinski definition) is 0. The van der Waals surface area contributed by atoms with Crippen LogP contribution in [0.25, 0.3) is 12.2 Å². The topological polar surface area (TPSA) is 61.3 Å². The van der Waals surface area contributed by atoms with E-state index >= 15 is 0 Å². The fraction of sp³-hybridized carbons (Fsp3) is 0.316. The monoisotopic (exact) mass is 326 g/mol. The Bertz CT molecular complexity index is 844. The number of nitrogens with zero attached hydrogens (tertiary/aromatic N) is 2. The zero-order valence-electron chi connectivity index (χ0n) is 14.5. The van der Waals surface area contributed by atoms with Crippen molar-refractivity contribution in [3.8, 4) is 5.88 Å². The lowest BCUT2D eigenvalue weighted by Crippen LogP contribution is -2.34. The van der Waals surface area contributed by atoms with Crippen molar-refractivity contribution in [3.05, 3.63) is 51.8 Å². The van der Waals surface area contributed by atoms with Gasteiger partial charge in [-0.3, -0.25) is 0 Å². The Hall–Kier alpha value is -2.69. The molecule has 0 unspecified atom stereocenters. The molecule has 0 aliphatic rings. The molecule has 0 aliphatic heterocycles. The molecule has 0 fully saturated rings. The van der Waals surface area contributed by atoms with Crippen LogP contribution in [0.4, 0.5) is 0 Å². The standard InChI is InChI=1S/C19H22N2O3/c1-5-15-14(10-13-8-9-20-18(11-13)23-4)12-17(19(22)24-7-3)21-16(15)6-2/h5-6,8-9,11-12H,7,10H2,1-4H3. The summed E-state index contributed by atoms with van der Waals surface area (Å²) in [6.45, 7) is 5.97. The van der Waals surface area contributed by atoms with Crippen molar-refractivity contribution >= 4 is 18.1 Å². The van der Waals surface area contributed by atoms with Crippen LogP contribution in [0.2, 0.25) is 0 Å². The number of rotatable bonds is 5. The molecular weight excluding hydrogens is 304 g/mol. The number of carbonyl (C=O) groups excluding carboxylic acids is 1. The van der Waals surface area contributed by atoms with Crippen molar-refractivity contribution in [2.75, 3.05) is 13.7 Å². The zero-order valence-corrected chi connectivity index (χ0v) is 14.5. The minimum Gasteiger partial charge on any atom is -0.481 e. The number of aromatic nitrogens is 2. The predicted molar refractivity (Wildman–Crippen MR) is 93.3 cm³/mol. The number of carbonyl (C=O) groups is 1. The molecule has 2 aromatic rings. The first-order valence-corrected chi connectivity index (χ1v) is 7.91. The van der Waals surface area contributed by atoms with Gasteiger partial charge in [-0.25, -0.2) is 14.8 Å². The summed E-state index contributed by atoms with van der Waals surface area (Å²) < 4.78 is 10.3. The molecule has 0 spiro atoms. The third-order valence-corrected chi connectivity index (χ3v) is 3.62. The first-order valence-electron chi connectivity index (χ1n) is 7.91. The van der Waals surface area contributed by atoms with E-state index in [4.69, 9.17) is 9.47 Å². The van der Waals surface area contributed by atoms with Gasteiger partial charge in [-0.15, -0.1) is 0 Å². The van der Waals surface area contributed by atoms with Crippen LogP contribution in [0.1, 0.15) is 42.4 Å². The van der Waals surface area contributed by atoms with Crippen LogP contribution in [0.5, 0.6) is 5.88 Å². The van der Waals surface area contributed by atoms with Crippen LogP contribution >= 0.6 is 0 Å². The average molecular weight is 326 g/mol. The lowest BCUT2D eigenvalue weighted by Gasteiger charge is -2.08. The van der Waals surface area contributed by atoms with Gasteiger partial charge in [0.2, 0.25) is 5.88 Å². The maximum atomic E-state index is 12.1. The van der Waals surface area contributed by atoms with Crippen LogP contribution in [-0.4, -0.2) is 29.7 Å². The highest BCUT2D eigenvalue weighted by atomic mass is 16.5. The molecule has 0 N–H and O–H groups in total. The van der Waals surface area contributed by atoms with Crippen LogP contribution in [0, 0.1) is 0 Å². The van der Waals surface area contributed by atoms with E-state index in [0.717, 1.165) is 21.7 Å². The second-order valence-corrected chi connectivity index (χ2v) is 5.15. The Kier molecular flexibility index (Phi) is 6.07. The number of hydrogen-bond acceptors (Lipinski definition) is 5. The molecule has 0 saturated heterocycles. The molecule has 5 nitrogen and oxygen atoms in total. The van der Waals surface area contributed by atoms with E-state index < -0.39 is 5.97 Å². The SMILES string of the molecule is CC=c1nc(C(=O)OCC)cc(Cc2ccnc(OC)c2)c1=CC. The maximum absolute atomic E-state index is 12.1. The molecule has 0 aliphatic carbocycles. The van der Waals surface area contributed by atoms with Gasteiger partial charge in [0.25, 0.3) is 0 Å². The Morgan fingerprint density at radius 2 is 2.04 bits per heavy atom. The molecule has 2 heterocycles. The summed E-state index contributed by atoms with van der Waals surface area (Å²) in [6.07, 6.45) is 6.26. The van der Waals surface area contributed by atoms with Gasteiger partial charge in [0.15, 0.2) is 0 Å². The molecule has 0 bridgehead atoms. The Morgan fingerprint density at radius 1 is 1.25 bits per heavy atom. The van der Waals surface area contributed by atoms with E-state index in [2.05, 4.69) is 9.97 Å². The van der Waals surface area contributed by atoms with Gasteiger partial charge in [-0.05, 0) is 55.7 Å². The van der Waals surface area contributed by atoms with Crippen molar-refractivity contribution in [3.63, 3.8) is 0 Å². The minimum atomic E-state index is -0.406. The average Bonchev–Trinajstić information content (AvgIpc) is 2.61. The van der Waals surface area contributed by atoms with Crippen LogP contribution in [-0.2, 0) is 11.2 Å². The summed E-state index contributed by atoms with van der Waals surface area (Å²) in [5.74, 6) is 0.160. The fourth-order valence-corrected chi connectivity index (χ4v) is 2.53. The Labute approximate surface area is 141 Å². The molecule has 126 valence electrons. The first-order chi connectivity index (χ1) is 11.6. The third-order valence-electron chi connectivity index (χ3n) is 3.62. The summed E-state index contributed by atoms with van der Waals surface area (Å²) in [5.41, 5.74) is 2.39. The molecule has 2 aromatic heterocycles. The highest BCUT2D eigenvalue weighted by molar-refractivity contribution is 5.87. The molecular formula is C19H22N2O3. The van der Waals surface area contributed by atoms with Gasteiger partial charge in [0, 0.05) is 12.3 Å². The number of methoxy groups -OCH3 is 1. The first kappa shape index (κ1) is 17.7. The predicted octanol–water partition coefficient (Wildman–Crippen LogP) is 1.85. The van der Waals surface area contributed by atoms with E-state index in [1.807, 2.05) is 38.1 Å². The van der Waals surface area contributed by atoms with Crippen molar-refractivity contribution in [1.29, 1.82) is 0 Å². The molecule has 5 heteroatoms. The van der Waals surface area contributed by atoms with Crippen molar-refractivity contribution < 1.29 is 14.3 Å². The third kappa shape index (κ3) is 3.98. The van der Waals surface area contributed by atoms with Crippen molar-refractivity contribution in [1.82, 2.24) is 9.97 Å². The molecule has 0 saturated carbocycles. The summed E-state index contributed by atoms with van der Waals surface area (Å²) in [5, 5.41) is 1.79. The maximum Gasteiger partial charge on any atom is 0.356 e. The van der Waals surface area contributed by atoms with Crippen LogP contribution in [0.15, 0.2) is 24.4 Å². The summed E-state index contributed by atoms with van der Waals surface area (Å²) in [7, 11) is 1.59. The summed E-state index contributed by atoms with van der Waals surface area (Å²) >= 11 is 0.